The van der Waals surface area contributed by atoms with E-state index in [2.05, 4.69) is 32.6 Å². The lowest BCUT2D eigenvalue weighted by Crippen LogP contribution is -1.99. The van der Waals surface area contributed by atoms with Crippen LogP contribution in [-0.4, -0.2) is 15.1 Å². The van der Waals surface area contributed by atoms with E-state index in [0.29, 0.717) is 17.4 Å². The van der Waals surface area contributed by atoms with Crippen LogP contribution >= 0.6 is 0 Å². The Bertz CT molecular complexity index is 752. The van der Waals surface area contributed by atoms with Crippen LogP contribution in [0.25, 0.3) is 23.0 Å². The molecule has 5 nitrogen and oxygen atoms in total. The summed E-state index contributed by atoms with van der Waals surface area (Å²) in [6.45, 7) is 1.82. The second-order valence-electron chi connectivity index (χ2n) is 4.73. The summed E-state index contributed by atoms with van der Waals surface area (Å²) in [5.74, 6) is 1.04. The highest BCUT2D eigenvalue weighted by Gasteiger charge is 2.15. The molecule has 1 aliphatic heterocycles. The fourth-order valence-electron chi connectivity index (χ4n) is 2.37. The Balaban J connectivity index is 1.72. The molecule has 0 unspecified atom stereocenters. The minimum absolute atomic E-state index is 0.513. The SMILES string of the molecule is c1ccc(-c2noc(-c3ccc4c(c3)CNC4)n2)nc1. The van der Waals surface area contributed by atoms with Crippen LogP contribution in [0.3, 0.4) is 0 Å². The Hall–Kier alpha value is -2.53. The van der Waals surface area contributed by atoms with Gasteiger partial charge in [0, 0.05) is 24.8 Å². The summed E-state index contributed by atoms with van der Waals surface area (Å²) in [4.78, 5) is 8.63. The lowest BCUT2D eigenvalue weighted by molar-refractivity contribution is 0.432. The van der Waals surface area contributed by atoms with Crippen molar-refractivity contribution >= 4 is 0 Å². The van der Waals surface area contributed by atoms with Crippen LogP contribution in [0.15, 0.2) is 47.1 Å². The van der Waals surface area contributed by atoms with Gasteiger partial charge in [-0.3, -0.25) is 4.98 Å². The molecule has 0 atom stereocenters. The van der Waals surface area contributed by atoms with Gasteiger partial charge in [-0.1, -0.05) is 17.3 Å². The highest BCUT2D eigenvalue weighted by atomic mass is 16.5. The number of hydrogen-bond donors (Lipinski definition) is 1. The highest BCUT2D eigenvalue weighted by Crippen LogP contribution is 2.25. The largest absolute Gasteiger partial charge is 0.334 e. The Morgan fingerprint density at radius 1 is 1.05 bits per heavy atom. The first-order chi connectivity index (χ1) is 9.90. The van der Waals surface area contributed by atoms with E-state index in [0.717, 1.165) is 18.7 Å². The summed E-state index contributed by atoms with van der Waals surface area (Å²) in [6, 6.07) is 11.8. The van der Waals surface area contributed by atoms with Crippen molar-refractivity contribution in [2.24, 2.45) is 0 Å². The molecule has 1 aromatic carbocycles. The molecule has 98 valence electrons. The third-order valence-electron chi connectivity index (χ3n) is 3.40. The summed E-state index contributed by atoms with van der Waals surface area (Å²) in [5, 5.41) is 7.31. The van der Waals surface area contributed by atoms with Gasteiger partial charge in [-0.05, 0) is 35.4 Å². The maximum absolute atomic E-state index is 5.34. The molecule has 0 radical (unpaired) electrons. The molecule has 20 heavy (non-hydrogen) atoms. The van der Waals surface area contributed by atoms with Crippen LogP contribution in [0, 0.1) is 0 Å². The minimum atomic E-state index is 0.513. The molecule has 1 N–H and O–H groups in total. The van der Waals surface area contributed by atoms with E-state index in [1.165, 1.54) is 11.1 Å². The molecule has 5 heteroatoms. The maximum atomic E-state index is 5.34. The fraction of sp³-hybridized carbons (Fsp3) is 0.133. The molecule has 0 spiro atoms. The second-order valence-corrected chi connectivity index (χ2v) is 4.73. The molecule has 3 heterocycles. The molecule has 0 bridgehead atoms. The number of aromatic nitrogens is 3. The molecule has 0 amide bonds. The first-order valence-corrected chi connectivity index (χ1v) is 6.48. The predicted octanol–water partition coefficient (Wildman–Crippen LogP) is 2.40. The van der Waals surface area contributed by atoms with Gasteiger partial charge in [0.25, 0.3) is 5.89 Å². The average molecular weight is 264 g/mol. The maximum Gasteiger partial charge on any atom is 0.258 e. The van der Waals surface area contributed by atoms with Crippen LogP contribution < -0.4 is 5.32 Å². The first-order valence-electron chi connectivity index (χ1n) is 6.48. The van der Waals surface area contributed by atoms with E-state index < -0.39 is 0 Å². The first kappa shape index (κ1) is 11.3. The summed E-state index contributed by atoms with van der Waals surface area (Å²) < 4.78 is 5.34. The van der Waals surface area contributed by atoms with Gasteiger partial charge in [0.15, 0.2) is 0 Å². The van der Waals surface area contributed by atoms with E-state index in [-0.39, 0.29) is 0 Å². The van der Waals surface area contributed by atoms with Crippen LogP contribution in [0.4, 0.5) is 0 Å². The van der Waals surface area contributed by atoms with Gasteiger partial charge in [-0.2, -0.15) is 4.98 Å². The van der Waals surface area contributed by atoms with E-state index in [1.807, 2.05) is 24.3 Å². The van der Waals surface area contributed by atoms with Crippen molar-refractivity contribution in [3.8, 4) is 23.0 Å². The topological polar surface area (TPSA) is 63.8 Å². The zero-order valence-electron chi connectivity index (χ0n) is 10.7. The van der Waals surface area contributed by atoms with E-state index in [9.17, 15) is 0 Å². The number of fused-ring (bicyclic) bond motifs is 1. The standard InChI is InChI=1S/C15H12N4O/c1-2-6-17-13(3-1)14-18-15(20-19-14)10-4-5-11-8-16-9-12(11)7-10/h1-7,16H,8-9H2. The van der Waals surface area contributed by atoms with Crippen LogP contribution in [0.2, 0.25) is 0 Å². The Morgan fingerprint density at radius 3 is 2.90 bits per heavy atom. The number of pyridine rings is 1. The Kier molecular flexibility index (Phi) is 2.57. The van der Waals surface area contributed by atoms with Crippen LogP contribution in [0.5, 0.6) is 0 Å². The van der Waals surface area contributed by atoms with Crippen molar-refractivity contribution in [1.82, 2.24) is 20.4 Å². The molecular formula is C15H12N4O. The number of nitrogens with zero attached hydrogens (tertiary/aromatic N) is 3. The molecule has 2 aromatic heterocycles. The summed E-state index contributed by atoms with van der Waals surface area (Å²) in [7, 11) is 0. The van der Waals surface area contributed by atoms with Crippen molar-refractivity contribution in [1.29, 1.82) is 0 Å². The monoisotopic (exact) mass is 264 g/mol. The van der Waals surface area contributed by atoms with E-state index in [1.54, 1.807) is 6.20 Å². The number of nitrogens with one attached hydrogen (secondary N) is 1. The highest BCUT2D eigenvalue weighted by molar-refractivity contribution is 5.59. The minimum Gasteiger partial charge on any atom is -0.334 e. The predicted molar refractivity (Wildman–Crippen MR) is 73.5 cm³/mol. The smallest absolute Gasteiger partial charge is 0.258 e. The second kappa shape index (κ2) is 4.54. The van der Waals surface area contributed by atoms with Gasteiger partial charge < -0.3 is 9.84 Å². The van der Waals surface area contributed by atoms with Gasteiger partial charge in [-0.15, -0.1) is 0 Å². The average Bonchev–Trinajstić information content (AvgIpc) is 3.16. The van der Waals surface area contributed by atoms with Crippen molar-refractivity contribution in [2.45, 2.75) is 13.1 Å². The lowest BCUT2D eigenvalue weighted by atomic mass is 10.1. The quantitative estimate of drug-likeness (QED) is 0.770. The van der Waals surface area contributed by atoms with Gasteiger partial charge in [-0.25, -0.2) is 0 Å². The molecule has 1 aliphatic rings. The molecule has 3 aromatic rings. The summed E-state index contributed by atoms with van der Waals surface area (Å²) in [5.41, 5.74) is 4.28. The molecular weight excluding hydrogens is 252 g/mol. The van der Waals surface area contributed by atoms with Crippen molar-refractivity contribution in [3.63, 3.8) is 0 Å². The Morgan fingerprint density at radius 2 is 2.00 bits per heavy atom. The number of hydrogen-bond acceptors (Lipinski definition) is 5. The third kappa shape index (κ3) is 1.88. The summed E-state index contributed by atoms with van der Waals surface area (Å²) in [6.07, 6.45) is 1.71. The van der Waals surface area contributed by atoms with Crippen molar-refractivity contribution in [2.75, 3.05) is 0 Å². The molecule has 0 aliphatic carbocycles. The molecule has 0 fully saturated rings. The molecule has 4 rings (SSSR count). The van der Waals surface area contributed by atoms with E-state index >= 15 is 0 Å². The number of benzene rings is 1. The summed E-state index contributed by atoms with van der Waals surface area (Å²) >= 11 is 0. The van der Waals surface area contributed by atoms with Gasteiger partial charge in [0.05, 0.1) is 0 Å². The van der Waals surface area contributed by atoms with Crippen LogP contribution in [0.1, 0.15) is 11.1 Å². The molecule has 0 saturated carbocycles. The lowest BCUT2D eigenvalue weighted by Gasteiger charge is -1.99. The van der Waals surface area contributed by atoms with Gasteiger partial charge >= 0.3 is 0 Å². The normalized spacial score (nSPS) is 13.4. The Labute approximate surface area is 115 Å². The fourth-order valence-corrected chi connectivity index (χ4v) is 2.37. The molecule has 0 saturated heterocycles. The number of rotatable bonds is 2. The van der Waals surface area contributed by atoms with Gasteiger partial charge in [0.2, 0.25) is 5.82 Å². The van der Waals surface area contributed by atoms with Crippen LogP contribution in [-0.2, 0) is 13.1 Å². The van der Waals surface area contributed by atoms with Gasteiger partial charge in [0.1, 0.15) is 5.69 Å². The zero-order chi connectivity index (χ0) is 13.4. The third-order valence-corrected chi connectivity index (χ3v) is 3.40. The van der Waals surface area contributed by atoms with Crippen molar-refractivity contribution < 1.29 is 4.52 Å². The zero-order valence-corrected chi connectivity index (χ0v) is 10.7. The van der Waals surface area contributed by atoms with E-state index in [4.69, 9.17) is 4.52 Å². The van der Waals surface area contributed by atoms with Crippen molar-refractivity contribution in [3.05, 3.63) is 53.7 Å².